The van der Waals surface area contributed by atoms with Gasteiger partial charge in [0.1, 0.15) is 5.76 Å². The molecule has 7 nitrogen and oxygen atoms in total. The Labute approximate surface area is 205 Å². The highest BCUT2D eigenvalue weighted by Gasteiger charge is 2.21. The number of hydrogen-bond acceptors (Lipinski definition) is 5. The first-order chi connectivity index (χ1) is 14.6. The normalized spacial score (nSPS) is 19.3. The summed E-state index contributed by atoms with van der Waals surface area (Å²) in [6.07, 6.45) is 10.4. The van der Waals surface area contributed by atoms with Gasteiger partial charge in [-0.1, -0.05) is 19.3 Å². The van der Waals surface area contributed by atoms with E-state index in [9.17, 15) is 0 Å². The van der Waals surface area contributed by atoms with Crippen molar-refractivity contribution in [3.8, 4) is 0 Å². The summed E-state index contributed by atoms with van der Waals surface area (Å²) < 4.78 is 11.7. The number of likely N-dealkylation sites (tertiary alicyclic amines) is 1. The summed E-state index contributed by atoms with van der Waals surface area (Å²) in [5.41, 5.74) is 1.00. The van der Waals surface area contributed by atoms with Gasteiger partial charge in [-0.15, -0.1) is 24.0 Å². The lowest BCUT2D eigenvalue weighted by Crippen LogP contribution is -2.43. The van der Waals surface area contributed by atoms with Crippen LogP contribution < -0.4 is 10.6 Å². The van der Waals surface area contributed by atoms with Gasteiger partial charge < -0.3 is 19.8 Å². The average Bonchev–Trinajstić information content (AvgIpc) is 3.08. The summed E-state index contributed by atoms with van der Waals surface area (Å²) in [6, 6.07) is 0. The quantitative estimate of drug-likeness (QED) is 0.211. The van der Waals surface area contributed by atoms with Gasteiger partial charge in [-0.05, 0) is 65.0 Å². The zero-order valence-electron chi connectivity index (χ0n) is 19.6. The summed E-state index contributed by atoms with van der Waals surface area (Å²) in [5, 5.41) is 6.93. The Morgan fingerprint density at radius 3 is 2.52 bits per heavy atom. The molecule has 0 radical (unpaired) electrons. The summed E-state index contributed by atoms with van der Waals surface area (Å²) in [5.74, 6) is 3.37. The van der Waals surface area contributed by atoms with Gasteiger partial charge in [-0.3, -0.25) is 9.89 Å². The van der Waals surface area contributed by atoms with Gasteiger partial charge in [0, 0.05) is 26.7 Å². The maximum absolute atomic E-state index is 6.00. The van der Waals surface area contributed by atoms with Crippen LogP contribution in [0.4, 0.5) is 0 Å². The first kappa shape index (κ1) is 26.4. The van der Waals surface area contributed by atoms with Crippen LogP contribution in [0.2, 0.25) is 0 Å². The van der Waals surface area contributed by atoms with Crippen molar-refractivity contribution in [2.24, 2.45) is 10.9 Å². The van der Waals surface area contributed by atoms with Gasteiger partial charge in [-0.2, -0.15) is 0 Å². The minimum absolute atomic E-state index is 0. The topological polar surface area (TPSA) is 74.9 Å². The first-order valence-electron chi connectivity index (χ1n) is 11.9. The number of aliphatic imine (C=N–C) groups is 1. The Hall–Kier alpha value is -0.870. The molecule has 1 saturated heterocycles. The standard InChI is InChI=1S/C23H41N5O2.HI/c1-18-19(2)30-22(27-18)17-28-13-10-20(11-14-28)16-26-23(24-3)25-12-7-15-29-21-8-5-4-6-9-21;/h20-21H,4-17H2,1-3H3,(H2,24,25,26);1H. The van der Waals surface area contributed by atoms with E-state index in [0.717, 1.165) is 69.1 Å². The first-order valence-corrected chi connectivity index (χ1v) is 11.9. The fraction of sp³-hybridized carbons (Fsp3) is 0.826. The molecule has 1 aliphatic heterocycles. The number of nitrogens with zero attached hydrogens (tertiary/aromatic N) is 3. The monoisotopic (exact) mass is 547 g/mol. The van der Waals surface area contributed by atoms with Crippen molar-refractivity contribution in [1.29, 1.82) is 0 Å². The smallest absolute Gasteiger partial charge is 0.208 e. The molecule has 2 aliphatic rings. The van der Waals surface area contributed by atoms with Crippen molar-refractivity contribution in [2.75, 3.05) is 39.8 Å². The molecule has 2 fully saturated rings. The molecule has 1 aromatic heterocycles. The Bertz CT molecular complexity index is 633. The molecule has 0 bridgehead atoms. The van der Waals surface area contributed by atoms with Crippen molar-refractivity contribution >= 4 is 29.9 Å². The molecule has 2 heterocycles. The number of aromatic nitrogens is 1. The highest BCUT2D eigenvalue weighted by molar-refractivity contribution is 14.0. The number of halogens is 1. The molecule has 0 atom stereocenters. The van der Waals surface area contributed by atoms with Crippen LogP contribution in [-0.2, 0) is 11.3 Å². The number of rotatable bonds is 9. The second-order valence-corrected chi connectivity index (χ2v) is 8.83. The van der Waals surface area contributed by atoms with Crippen LogP contribution in [0.5, 0.6) is 0 Å². The number of guanidine groups is 1. The molecule has 0 amide bonds. The van der Waals surface area contributed by atoms with E-state index >= 15 is 0 Å². The lowest BCUT2D eigenvalue weighted by atomic mass is 9.97. The van der Waals surface area contributed by atoms with E-state index in [4.69, 9.17) is 9.15 Å². The minimum atomic E-state index is 0. The number of nitrogens with one attached hydrogen (secondary N) is 2. The van der Waals surface area contributed by atoms with Gasteiger partial charge >= 0.3 is 0 Å². The Morgan fingerprint density at radius 2 is 1.87 bits per heavy atom. The molecule has 0 aromatic carbocycles. The second-order valence-electron chi connectivity index (χ2n) is 8.83. The van der Waals surface area contributed by atoms with E-state index in [0.29, 0.717) is 12.0 Å². The van der Waals surface area contributed by atoms with E-state index < -0.39 is 0 Å². The maximum atomic E-state index is 6.00. The van der Waals surface area contributed by atoms with Crippen molar-refractivity contribution in [1.82, 2.24) is 20.5 Å². The molecule has 1 saturated carbocycles. The van der Waals surface area contributed by atoms with E-state index in [2.05, 4.69) is 25.5 Å². The van der Waals surface area contributed by atoms with Crippen molar-refractivity contribution in [3.05, 3.63) is 17.3 Å². The summed E-state index contributed by atoms with van der Waals surface area (Å²) in [4.78, 5) is 11.3. The molecule has 0 unspecified atom stereocenters. The van der Waals surface area contributed by atoms with E-state index in [1.807, 2.05) is 20.9 Å². The summed E-state index contributed by atoms with van der Waals surface area (Å²) >= 11 is 0. The molecular formula is C23H42IN5O2. The lowest BCUT2D eigenvalue weighted by molar-refractivity contribution is 0.0277. The van der Waals surface area contributed by atoms with Gasteiger partial charge in [0.2, 0.25) is 5.89 Å². The van der Waals surface area contributed by atoms with Crippen LogP contribution in [0.25, 0.3) is 0 Å². The highest BCUT2D eigenvalue weighted by Crippen LogP contribution is 2.20. The molecule has 0 spiro atoms. The van der Waals surface area contributed by atoms with E-state index in [-0.39, 0.29) is 24.0 Å². The molecule has 3 rings (SSSR count). The van der Waals surface area contributed by atoms with Crippen LogP contribution in [0.3, 0.4) is 0 Å². The highest BCUT2D eigenvalue weighted by atomic mass is 127. The fourth-order valence-electron chi connectivity index (χ4n) is 4.37. The van der Waals surface area contributed by atoms with E-state index in [1.54, 1.807) is 0 Å². The number of ether oxygens (including phenoxy) is 1. The molecule has 2 N–H and O–H groups in total. The van der Waals surface area contributed by atoms with Crippen LogP contribution in [-0.4, -0.2) is 61.8 Å². The summed E-state index contributed by atoms with van der Waals surface area (Å²) in [6.45, 7) is 9.72. The van der Waals surface area contributed by atoms with Crippen molar-refractivity contribution in [2.45, 2.75) is 77.9 Å². The predicted octanol–water partition coefficient (Wildman–Crippen LogP) is 4.03. The Kier molecular flexibility index (Phi) is 12.2. The molecule has 8 heteroatoms. The van der Waals surface area contributed by atoms with Crippen molar-refractivity contribution in [3.63, 3.8) is 0 Å². The minimum Gasteiger partial charge on any atom is -0.444 e. The predicted molar refractivity (Wildman–Crippen MR) is 136 cm³/mol. The Morgan fingerprint density at radius 1 is 1.13 bits per heavy atom. The molecular weight excluding hydrogens is 505 g/mol. The number of aryl methyl sites for hydroxylation is 2. The SMILES string of the molecule is CN=C(NCCCOC1CCCCC1)NCC1CCN(Cc2nc(C)c(C)o2)CC1.I. The largest absolute Gasteiger partial charge is 0.444 e. The van der Waals surface area contributed by atoms with Gasteiger partial charge in [0.25, 0.3) is 0 Å². The zero-order valence-corrected chi connectivity index (χ0v) is 22.0. The third kappa shape index (κ3) is 9.26. The third-order valence-corrected chi connectivity index (χ3v) is 6.44. The average molecular weight is 548 g/mol. The van der Waals surface area contributed by atoms with Gasteiger partial charge in [-0.25, -0.2) is 4.98 Å². The third-order valence-electron chi connectivity index (χ3n) is 6.44. The Balaban J connectivity index is 0.00000341. The second kappa shape index (κ2) is 14.3. The van der Waals surface area contributed by atoms with E-state index in [1.165, 1.54) is 44.9 Å². The molecule has 1 aromatic rings. The molecule has 1 aliphatic carbocycles. The lowest BCUT2D eigenvalue weighted by Gasteiger charge is -2.31. The molecule has 178 valence electrons. The van der Waals surface area contributed by atoms with Crippen LogP contribution >= 0.6 is 24.0 Å². The van der Waals surface area contributed by atoms with Gasteiger partial charge in [0.15, 0.2) is 5.96 Å². The number of piperidine rings is 1. The zero-order chi connectivity index (χ0) is 21.2. The molecule has 31 heavy (non-hydrogen) atoms. The van der Waals surface area contributed by atoms with Crippen LogP contribution in [0.15, 0.2) is 9.41 Å². The number of oxazole rings is 1. The fourth-order valence-corrected chi connectivity index (χ4v) is 4.37. The summed E-state index contributed by atoms with van der Waals surface area (Å²) in [7, 11) is 1.84. The van der Waals surface area contributed by atoms with Gasteiger partial charge in [0.05, 0.1) is 18.3 Å². The van der Waals surface area contributed by atoms with Crippen LogP contribution in [0, 0.1) is 19.8 Å². The maximum Gasteiger partial charge on any atom is 0.208 e. The number of hydrogen-bond donors (Lipinski definition) is 2. The van der Waals surface area contributed by atoms with Crippen LogP contribution in [0.1, 0.15) is 68.7 Å². The van der Waals surface area contributed by atoms with Crippen molar-refractivity contribution < 1.29 is 9.15 Å².